The number of methoxy groups -OCH3 is 1. The van der Waals surface area contributed by atoms with Crippen LogP contribution in [0, 0.1) is 0 Å². The van der Waals surface area contributed by atoms with Crippen LogP contribution in [0.2, 0.25) is 5.02 Å². The van der Waals surface area contributed by atoms with Crippen LogP contribution in [0.15, 0.2) is 77.9 Å². The van der Waals surface area contributed by atoms with Crippen LogP contribution in [0.5, 0.6) is 11.5 Å². The number of hydrogen-bond donors (Lipinski definition) is 1. The summed E-state index contributed by atoms with van der Waals surface area (Å²) in [5.41, 5.74) is 4.80. The van der Waals surface area contributed by atoms with Gasteiger partial charge in [0.25, 0.3) is 5.91 Å². The molecule has 0 aliphatic rings. The second-order valence-corrected chi connectivity index (χ2v) is 6.36. The highest BCUT2D eigenvalue weighted by molar-refractivity contribution is 6.30. The Morgan fingerprint density at radius 2 is 1.79 bits per heavy atom. The third-order valence-corrected chi connectivity index (χ3v) is 4.14. The summed E-state index contributed by atoms with van der Waals surface area (Å²) in [5, 5.41) is 4.70. The van der Waals surface area contributed by atoms with E-state index >= 15 is 0 Å². The molecule has 0 radical (unpaired) electrons. The highest BCUT2D eigenvalue weighted by Crippen LogP contribution is 2.16. The van der Waals surface area contributed by atoms with Gasteiger partial charge in [0, 0.05) is 10.6 Å². The van der Waals surface area contributed by atoms with Gasteiger partial charge in [-0.3, -0.25) is 4.79 Å². The third-order valence-electron chi connectivity index (χ3n) is 3.89. The minimum absolute atomic E-state index is 0.315. The van der Waals surface area contributed by atoms with Crippen LogP contribution in [0.1, 0.15) is 21.5 Å². The van der Waals surface area contributed by atoms with Gasteiger partial charge in [0.1, 0.15) is 18.1 Å². The Bertz CT molecular complexity index is 972. The largest absolute Gasteiger partial charge is 0.497 e. The Labute approximate surface area is 168 Å². The summed E-state index contributed by atoms with van der Waals surface area (Å²) in [6, 6.07) is 21.8. The highest BCUT2D eigenvalue weighted by Gasteiger charge is 2.05. The summed E-state index contributed by atoms with van der Waals surface area (Å²) < 4.78 is 10.9. The second-order valence-electron chi connectivity index (χ2n) is 5.92. The van der Waals surface area contributed by atoms with Crippen molar-refractivity contribution in [2.24, 2.45) is 5.10 Å². The van der Waals surface area contributed by atoms with Crippen LogP contribution in [0.3, 0.4) is 0 Å². The topological polar surface area (TPSA) is 59.9 Å². The minimum atomic E-state index is -0.315. The number of rotatable bonds is 7. The molecule has 0 saturated carbocycles. The second kappa shape index (κ2) is 9.58. The summed E-state index contributed by atoms with van der Waals surface area (Å²) in [5.74, 6) is 1.01. The lowest BCUT2D eigenvalue weighted by Gasteiger charge is -2.07. The first-order chi connectivity index (χ1) is 13.6. The number of halogens is 1. The van der Waals surface area contributed by atoms with Crippen molar-refractivity contribution in [2.45, 2.75) is 6.61 Å². The molecular formula is C22H19ClN2O3. The molecule has 0 saturated heterocycles. The summed E-state index contributed by atoms with van der Waals surface area (Å²) >= 11 is 5.88. The maximum atomic E-state index is 12.1. The molecular weight excluding hydrogens is 376 g/mol. The molecule has 6 heteroatoms. The summed E-state index contributed by atoms with van der Waals surface area (Å²) in [6.45, 7) is 0.435. The van der Waals surface area contributed by atoms with Gasteiger partial charge in [0.05, 0.1) is 13.3 Å². The first-order valence-electron chi connectivity index (χ1n) is 8.59. The number of hydrogen-bond acceptors (Lipinski definition) is 4. The molecule has 1 amide bonds. The van der Waals surface area contributed by atoms with Crippen LogP contribution in [-0.4, -0.2) is 19.2 Å². The molecule has 0 fully saturated rings. The minimum Gasteiger partial charge on any atom is -0.497 e. The fraction of sp³-hybridized carbons (Fsp3) is 0.0909. The number of nitrogens with one attached hydrogen (secondary N) is 1. The number of carbonyl (C=O) groups is 1. The molecule has 0 heterocycles. The Hall–Kier alpha value is -3.31. The van der Waals surface area contributed by atoms with E-state index in [4.69, 9.17) is 21.1 Å². The van der Waals surface area contributed by atoms with Gasteiger partial charge in [-0.25, -0.2) is 5.43 Å². The van der Waals surface area contributed by atoms with Gasteiger partial charge in [0.2, 0.25) is 0 Å². The molecule has 0 unspecified atom stereocenters. The summed E-state index contributed by atoms with van der Waals surface area (Å²) in [4.78, 5) is 12.1. The third kappa shape index (κ3) is 5.59. The fourth-order valence-electron chi connectivity index (χ4n) is 2.43. The highest BCUT2D eigenvalue weighted by atomic mass is 35.5. The monoisotopic (exact) mass is 394 g/mol. The van der Waals surface area contributed by atoms with Gasteiger partial charge in [-0.2, -0.15) is 5.10 Å². The first kappa shape index (κ1) is 19.5. The van der Waals surface area contributed by atoms with E-state index < -0.39 is 0 Å². The zero-order valence-corrected chi connectivity index (χ0v) is 16.0. The maximum Gasteiger partial charge on any atom is 0.271 e. The van der Waals surface area contributed by atoms with Crippen molar-refractivity contribution >= 4 is 23.7 Å². The lowest BCUT2D eigenvalue weighted by Crippen LogP contribution is -2.17. The molecule has 0 atom stereocenters. The van der Waals surface area contributed by atoms with E-state index in [9.17, 15) is 4.79 Å². The number of benzene rings is 3. The number of nitrogens with zero attached hydrogens (tertiary/aromatic N) is 1. The van der Waals surface area contributed by atoms with Gasteiger partial charge in [0.15, 0.2) is 0 Å². The van der Waals surface area contributed by atoms with E-state index in [1.54, 1.807) is 37.6 Å². The lowest BCUT2D eigenvalue weighted by atomic mass is 10.2. The van der Waals surface area contributed by atoms with Crippen molar-refractivity contribution in [3.63, 3.8) is 0 Å². The predicted octanol–water partition coefficient (Wildman–Crippen LogP) is 4.69. The molecule has 5 nitrogen and oxygen atoms in total. The normalized spacial score (nSPS) is 10.6. The fourth-order valence-corrected chi connectivity index (χ4v) is 2.55. The van der Waals surface area contributed by atoms with Crippen LogP contribution >= 0.6 is 11.6 Å². The van der Waals surface area contributed by atoms with Gasteiger partial charge in [-0.15, -0.1) is 0 Å². The maximum absolute atomic E-state index is 12.1. The van der Waals surface area contributed by atoms with Crippen LogP contribution in [0.25, 0.3) is 0 Å². The smallest absolute Gasteiger partial charge is 0.271 e. The molecule has 3 aromatic carbocycles. The number of hydrazone groups is 1. The zero-order chi connectivity index (χ0) is 19.8. The van der Waals surface area contributed by atoms with Gasteiger partial charge in [-0.05, 0) is 53.6 Å². The molecule has 0 spiro atoms. The molecule has 1 N–H and O–H groups in total. The number of carbonyl (C=O) groups excluding carboxylic acids is 1. The van der Waals surface area contributed by atoms with Crippen LogP contribution in [0.4, 0.5) is 0 Å². The van der Waals surface area contributed by atoms with E-state index in [2.05, 4.69) is 10.5 Å². The van der Waals surface area contributed by atoms with Crippen molar-refractivity contribution in [3.8, 4) is 11.5 Å². The molecule has 142 valence electrons. The Balaban J connectivity index is 1.57. The summed E-state index contributed by atoms with van der Waals surface area (Å²) in [7, 11) is 1.55. The van der Waals surface area contributed by atoms with Gasteiger partial charge in [-0.1, -0.05) is 41.9 Å². The molecule has 0 bridgehead atoms. The zero-order valence-electron chi connectivity index (χ0n) is 15.3. The van der Waals surface area contributed by atoms with Gasteiger partial charge < -0.3 is 9.47 Å². The van der Waals surface area contributed by atoms with E-state index in [1.807, 2.05) is 48.5 Å². The van der Waals surface area contributed by atoms with E-state index in [0.29, 0.717) is 28.7 Å². The Morgan fingerprint density at radius 1 is 1.04 bits per heavy atom. The molecule has 3 aromatic rings. The van der Waals surface area contributed by atoms with Crippen molar-refractivity contribution < 1.29 is 14.3 Å². The molecule has 28 heavy (non-hydrogen) atoms. The predicted molar refractivity (Wildman–Crippen MR) is 110 cm³/mol. The standard InChI is InChI=1S/C22H19ClN2O3/c1-27-20-6-3-5-18(13-20)22(26)25-24-14-17-4-2-7-21(12-17)28-15-16-8-10-19(23)11-9-16/h2-14H,15H2,1H3,(H,25,26)/b24-14-. The van der Waals surface area contributed by atoms with Gasteiger partial charge >= 0.3 is 0 Å². The molecule has 0 aromatic heterocycles. The summed E-state index contributed by atoms with van der Waals surface area (Å²) in [6.07, 6.45) is 1.56. The van der Waals surface area contributed by atoms with Crippen LogP contribution in [-0.2, 0) is 6.61 Å². The first-order valence-corrected chi connectivity index (χ1v) is 8.96. The van der Waals surface area contributed by atoms with E-state index in [-0.39, 0.29) is 5.91 Å². The molecule has 3 rings (SSSR count). The average molecular weight is 395 g/mol. The van der Waals surface area contributed by atoms with E-state index in [1.165, 1.54) is 0 Å². The van der Waals surface area contributed by atoms with E-state index in [0.717, 1.165) is 11.1 Å². The van der Waals surface area contributed by atoms with Crippen molar-refractivity contribution in [2.75, 3.05) is 7.11 Å². The van der Waals surface area contributed by atoms with Crippen molar-refractivity contribution in [1.82, 2.24) is 5.43 Å². The number of ether oxygens (including phenoxy) is 2. The Morgan fingerprint density at radius 3 is 2.57 bits per heavy atom. The SMILES string of the molecule is COc1cccc(C(=O)N/N=C\c2cccc(OCc3ccc(Cl)cc3)c2)c1. The molecule has 0 aliphatic carbocycles. The average Bonchev–Trinajstić information content (AvgIpc) is 2.73. The number of amides is 1. The van der Waals surface area contributed by atoms with Crippen LogP contribution < -0.4 is 14.9 Å². The molecule has 0 aliphatic heterocycles. The quantitative estimate of drug-likeness (QED) is 0.467. The van der Waals surface area contributed by atoms with Crippen molar-refractivity contribution in [3.05, 3.63) is 94.5 Å². The Kier molecular flexibility index (Phi) is 6.65. The van der Waals surface area contributed by atoms with Crippen molar-refractivity contribution in [1.29, 1.82) is 0 Å². The lowest BCUT2D eigenvalue weighted by molar-refractivity contribution is 0.0955.